The average molecular weight is 475 g/mol. The van der Waals surface area contributed by atoms with E-state index in [1.165, 1.54) is 0 Å². The maximum Gasteiger partial charge on any atom is 0.251 e. The first-order chi connectivity index (χ1) is 15.0. The summed E-state index contributed by atoms with van der Waals surface area (Å²) in [5.74, 6) is 1.000. The minimum absolute atomic E-state index is 0.00101. The van der Waals surface area contributed by atoms with Crippen LogP contribution in [0.5, 0.6) is 0 Å². The van der Waals surface area contributed by atoms with Crippen molar-refractivity contribution in [2.75, 3.05) is 49.9 Å². The van der Waals surface area contributed by atoms with Crippen LogP contribution in [0.2, 0.25) is 5.02 Å². The van der Waals surface area contributed by atoms with Crippen LogP contribution >= 0.6 is 34.7 Å². The molecule has 0 radical (unpaired) electrons. The van der Waals surface area contributed by atoms with E-state index in [1.54, 1.807) is 23.1 Å². The number of amides is 1. The number of carbonyl (C=O) groups is 1. The summed E-state index contributed by atoms with van der Waals surface area (Å²) >= 11 is 9.79. The van der Waals surface area contributed by atoms with E-state index in [-0.39, 0.29) is 5.91 Å². The zero-order valence-corrected chi connectivity index (χ0v) is 20.2. The fourth-order valence-corrected chi connectivity index (χ4v) is 5.80. The summed E-state index contributed by atoms with van der Waals surface area (Å²) < 4.78 is 1.07. The number of hydrogen-bond acceptors (Lipinski definition) is 6. The predicted molar refractivity (Wildman–Crippen MR) is 133 cm³/mol. The van der Waals surface area contributed by atoms with Crippen LogP contribution in [0.25, 0.3) is 10.2 Å². The second kappa shape index (κ2) is 10.2. The molecule has 1 aliphatic heterocycles. The maximum absolute atomic E-state index is 12.5. The summed E-state index contributed by atoms with van der Waals surface area (Å²) in [6.45, 7) is 9.48. The lowest BCUT2D eigenvalue weighted by Crippen LogP contribution is -2.48. The molecule has 5 nitrogen and oxygen atoms in total. The number of thiazole rings is 1. The van der Waals surface area contributed by atoms with Crippen molar-refractivity contribution in [3.8, 4) is 0 Å². The molecule has 0 spiro atoms. The number of piperazine rings is 1. The Hall–Kier alpha value is -1.80. The molecule has 0 bridgehead atoms. The van der Waals surface area contributed by atoms with Gasteiger partial charge in [-0.15, -0.1) is 11.8 Å². The summed E-state index contributed by atoms with van der Waals surface area (Å²) in [5, 5.41) is 4.88. The van der Waals surface area contributed by atoms with Crippen molar-refractivity contribution in [2.45, 2.75) is 18.7 Å². The molecule has 2 heterocycles. The van der Waals surface area contributed by atoms with Crippen molar-refractivity contribution in [1.82, 2.24) is 15.2 Å². The number of aryl methyl sites for hydroxylation is 1. The van der Waals surface area contributed by atoms with Gasteiger partial charge in [0.2, 0.25) is 0 Å². The lowest BCUT2D eigenvalue weighted by atomic mass is 10.2. The van der Waals surface area contributed by atoms with Crippen molar-refractivity contribution in [3.05, 3.63) is 52.5 Å². The number of carbonyl (C=O) groups excluding carboxylic acids is 1. The van der Waals surface area contributed by atoms with E-state index in [9.17, 15) is 4.79 Å². The van der Waals surface area contributed by atoms with Crippen molar-refractivity contribution in [3.63, 3.8) is 0 Å². The number of anilines is 1. The molecule has 1 aliphatic rings. The summed E-state index contributed by atoms with van der Waals surface area (Å²) in [7, 11) is 0. The van der Waals surface area contributed by atoms with Crippen molar-refractivity contribution < 1.29 is 4.79 Å². The zero-order chi connectivity index (χ0) is 21.8. The molecule has 0 atom stereocenters. The maximum atomic E-state index is 12.5. The monoisotopic (exact) mass is 474 g/mol. The van der Waals surface area contributed by atoms with Gasteiger partial charge < -0.3 is 10.2 Å². The van der Waals surface area contributed by atoms with Gasteiger partial charge in [0.1, 0.15) is 0 Å². The third-order valence-corrected chi connectivity index (χ3v) is 7.90. The Bertz CT molecular complexity index is 1020. The standard InChI is InChI=1S/C23H27ClN4OS2/c1-3-30-18-6-4-5-17(15-18)22(29)25-9-10-27-11-13-28(14-12-27)23-26-20-16(2)7-8-19(24)21(20)31-23/h4-8,15H,3,9-14H2,1-2H3,(H,25,29). The Morgan fingerprint density at radius 2 is 2.03 bits per heavy atom. The molecule has 0 saturated carbocycles. The summed E-state index contributed by atoms with van der Waals surface area (Å²) in [6.07, 6.45) is 0. The quantitative estimate of drug-likeness (QED) is 0.492. The third-order valence-electron chi connectivity index (χ3n) is 5.45. The number of thioether (sulfide) groups is 1. The van der Waals surface area contributed by atoms with Gasteiger partial charge in [0.15, 0.2) is 5.13 Å². The number of nitrogens with one attached hydrogen (secondary N) is 1. The molecule has 1 aromatic heterocycles. The fraction of sp³-hybridized carbons (Fsp3) is 0.391. The molecule has 1 N–H and O–H groups in total. The minimum Gasteiger partial charge on any atom is -0.351 e. The normalized spacial score (nSPS) is 14.9. The van der Waals surface area contributed by atoms with Crippen molar-refractivity contribution >= 4 is 56.0 Å². The molecule has 1 fully saturated rings. The largest absolute Gasteiger partial charge is 0.351 e. The van der Waals surface area contributed by atoms with E-state index in [0.29, 0.717) is 6.54 Å². The van der Waals surface area contributed by atoms with Crippen LogP contribution in [0.1, 0.15) is 22.8 Å². The van der Waals surface area contributed by atoms with Gasteiger partial charge in [0.25, 0.3) is 5.91 Å². The van der Waals surface area contributed by atoms with Gasteiger partial charge in [-0.2, -0.15) is 0 Å². The van der Waals surface area contributed by atoms with Crippen LogP contribution in [0.15, 0.2) is 41.3 Å². The lowest BCUT2D eigenvalue weighted by Gasteiger charge is -2.34. The van der Waals surface area contributed by atoms with E-state index >= 15 is 0 Å². The minimum atomic E-state index is -0.00101. The summed E-state index contributed by atoms with van der Waals surface area (Å²) in [5.41, 5.74) is 2.90. The molecular weight excluding hydrogens is 448 g/mol. The molecule has 8 heteroatoms. The van der Waals surface area contributed by atoms with Crippen LogP contribution < -0.4 is 10.2 Å². The molecule has 2 aromatic carbocycles. The van der Waals surface area contributed by atoms with Gasteiger partial charge in [-0.1, -0.05) is 42.0 Å². The molecule has 1 saturated heterocycles. The van der Waals surface area contributed by atoms with Gasteiger partial charge in [-0.05, 0) is 42.5 Å². The van der Waals surface area contributed by atoms with E-state index in [0.717, 1.165) is 74.9 Å². The Kier molecular flexibility index (Phi) is 7.38. The molecule has 164 valence electrons. The van der Waals surface area contributed by atoms with Gasteiger partial charge >= 0.3 is 0 Å². The van der Waals surface area contributed by atoms with Crippen molar-refractivity contribution in [2.24, 2.45) is 0 Å². The molecule has 1 amide bonds. The number of aromatic nitrogens is 1. The molecule has 0 aliphatic carbocycles. The first-order valence-electron chi connectivity index (χ1n) is 10.6. The van der Waals surface area contributed by atoms with E-state index in [2.05, 4.69) is 29.0 Å². The van der Waals surface area contributed by atoms with Gasteiger partial charge in [-0.25, -0.2) is 4.98 Å². The molecule has 4 rings (SSSR count). The Labute approximate surface area is 196 Å². The number of fused-ring (bicyclic) bond motifs is 1. The van der Waals surface area contributed by atoms with Crippen LogP contribution in [0.4, 0.5) is 5.13 Å². The van der Waals surface area contributed by atoms with E-state index in [1.807, 2.05) is 36.4 Å². The number of benzene rings is 2. The Balaban J connectivity index is 1.26. The highest BCUT2D eigenvalue weighted by Crippen LogP contribution is 2.35. The van der Waals surface area contributed by atoms with Crippen LogP contribution in [-0.4, -0.2) is 60.8 Å². The summed E-state index contributed by atoms with van der Waals surface area (Å²) in [4.78, 5) is 23.2. The highest BCUT2D eigenvalue weighted by Gasteiger charge is 2.21. The zero-order valence-electron chi connectivity index (χ0n) is 17.9. The first kappa shape index (κ1) is 22.4. The average Bonchev–Trinajstić information content (AvgIpc) is 3.24. The number of halogens is 1. The van der Waals surface area contributed by atoms with Crippen molar-refractivity contribution in [1.29, 1.82) is 0 Å². The highest BCUT2D eigenvalue weighted by molar-refractivity contribution is 7.99. The molecule has 3 aromatic rings. The molecular formula is C23H27ClN4OS2. The smallest absolute Gasteiger partial charge is 0.251 e. The van der Waals surface area contributed by atoms with E-state index < -0.39 is 0 Å². The number of rotatable bonds is 7. The van der Waals surface area contributed by atoms with Gasteiger partial charge in [0, 0.05) is 49.7 Å². The SMILES string of the molecule is CCSc1cccc(C(=O)NCCN2CCN(c3nc4c(C)ccc(Cl)c4s3)CC2)c1. The molecule has 0 unspecified atom stereocenters. The number of nitrogens with zero attached hydrogens (tertiary/aromatic N) is 3. The summed E-state index contributed by atoms with van der Waals surface area (Å²) in [6, 6.07) is 11.8. The van der Waals surface area contributed by atoms with Crippen LogP contribution in [0, 0.1) is 6.92 Å². The number of hydrogen-bond donors (Lipinski definition) is 1. The van der Waals surface area contributed by atoms with Crippen LogP contribution in [0.3, 0.4) is 0 Å². The lowest BCUT2D eigenvalue weighted by molar-refractivity contribution is 0.0947. The second-order valence-corrected chi connectivity index (χ2v) is 10.3. The van der Waals surface area contributed by atoms with Crippen LogP contribution in [-0.2, 0) is 0 Å². The van der Waals surface area contributed by atoms with Gasteiger partial charge in [0.05, 0.1) is 15.2 Å². The third kappa shape index (κ3) is 5.34. The Morgan fingerprint density at radius 1 is 1.23 bits per heavy atom. The van der Waals surface area contributed by atoms with E-state index in [4.69, 9.17) is 16.6 Å². The topological polar surface area (TPSA) is 48.5 Å². The van der Waals surface area contributed by atoms with Gasteiger partial charge in [-0.3, -0.25) is 9.69 Å². The highest BCUT2D eigenvalue weighted by atomic mass is 35.5. The second-order valence-electron chi connectivity index (χ2n) is 7.58. The fourth-order valence-electron chi connectivity index (χ4n) is 3.71. The first-order valence-corrected chi connectivity index (χ1v) is 12.8. The predicted octanol–water partition coefficient (Wildman–Crippen LogP) is 4.92. The molecule has 31 heavy (non-hydrogen) atoms. The Morgan fingerprint density at radius 3 is 2.77 bits per heavy atom.